The van der Waals surface area contributed by atoms with Gasteiger partial charge in [-0.25, -0.2) is 4.98 Å². The third kappa shape index (κ3) is 2.89. The Balaban J connectivity index is 1.96. The van der Waals surface area contributed by atoms with Crippen LogP contribution < -0.4 is 11.3 Å². The SMILES string of the molecule is NNC(Cn1cnc2ccccc21)c1cc(Cl)ccc1Cl. The first kappa shape index (κ1) is 14.4. The number of hydrazine groups is 1. The first-order valence-corrected chi connectivity index (χ1v) is 7.25. The Bertz CT molecular complexity index is 769. The summed E-state index contributed by atoms with van der Waals surface area (Å²) >= 11 is 12.3. The predicted octanol–water partition coefficient (Wildman–Crippen LogP) is 3.55. The van der Waals surface area contributed by atoms with E-state index < -0.39 is 0 Å². The van der Waals surface area contributed by atoms with Gasteiger partial charge in [-0.05, 0) is 35.9 Å². The second-order valence-electron chi connectivity index (χ2n) is 4.77. The summed E-state index contributed by atoms with van der Waals surface area (Å²) in [6, 6.07) is 13.1. The Morgan fingerprint density at radius 2 is 2.00 bits per heavy atom. The highest BCUT2D eigenvalue weighted by Gasteiger charge is 2.15. The van der Waals surface area contributed by atoms with E-state index in [-0.39, 0.29) is 6.04 Å². The van der Waals surface area contributed by atoms with Gasteiger partial charge in [0, 0.05) is 16.6 Å². The molecule has 0 bridgehead atoms. The van der Waals surface area contributed by atoms with Crippen LogP contribution in [-0.4, -0.2) is 9.55 Å². The van der Waals surface area contributed by atoms with Crippen molar-refractivity contribution in [2.75, 3.05) is 0 Å². The third-order valence-electron chi connectivity index (χ3n) is 3.44. The van der Waals surface area contributed by atoms with Gasteiger partial charge < -0.3 is 4.57 Å². The van der Waals surface area contributed by atoms with Crippen LogP contribution in [0, 0.1) is 0 Å². The first-order valence-electron chi connectivity index (χ1n) is 6.50. The summed E-state index contributed by atoms with van der Waals surface area (Å²) in [7, 11) is 0. The Labute approximate surface area is 132 Å². The van der Waals surface area contributed by atoms with Gasteiger partial charge >= 0.3 is 0 Å². The van der Waals surface area contributed by atoms with Crippen molar-refractivity contribution in [3.63, 3.8) is 0 Å². The monoisotopic (exact) mass is 320 g/mol. The Morgan fingerprint density at radius 3 is 2.81 bits per heavy atom. The van der Waals surface area contributed by atoms with Crippen LogP contribution in [0.5, 0.6) is 0 Å². The number of nitrogens with two attached hydrogens (primary N) is 1. The van der Waals surface area contributed by atoms with Crippen LogP contribution in [0.4, 0.5) is 0 Å². The van der Waals surface area contributed by atoms with Gasteiger partial charge in [0.05, 0.1) is 23.4 Å². The maximum absolute atomic E-state index is 6.25. The van der Waals surface area contributed by atoms with Gasteiger partial charge in [-0.1, -0.05) is 35.3 Å². The molecule has 0 radical (unpaired) electrons. The standard InChI is InChI=1S/C15H14Cl2N4/c16-10-5-6-12(17)11(7-10)14(20-18)8-21-9-19-13-3-1-2-4-15(13)21/h1-7,9,14,20H,8,18H2. The average molecular weight is 321 g/mol. The highest BCUT2D eigenvalue weighted by atomic mass is 35.5. The predicted molar refractivity (Wildman–Crippen MR) is 86.3 cm³/mol. The van der Waals surface area contributed by atoms with Gasteiger partial charge in [-0.2, -0.15) is 0 Å². The quantitative estimate of drug-likeness (QED) is 0.571. The number of hydrogen-bond acceptors (Lipinski definition) is 3. The molecule has 1 aromatic heterocycles. The summed E-state index contributed by atoms with van der Waals surface area (Å²) in [6.45, 7) is 0.608. The number of aromatic nitrogens is 2. The van der Waals surface area contributed by atoms with Crippen molar-refractivity contribution in [3.05, 3.63) is 64.4 Å². The molecule has 21 heavy (non-hydrogen) atoms. The molecule has 0 amide bonds. The summed E-state index contributed by atoms with van der Waals surface area (Å²) in [5.41, 5.74) is 5.66. The van der Waals surface area contributed by atoms with Crippen molar-refractivity contribution in [1.82, 2.24) is 15.0 Å². The number of imidazole rings is 1. The zero-order chi connectivity index (χ0) is 14.8. The van der Waals surface area contributed by atoms with E-state index in [0.717, 1.165) is 16.6 Å². The van der Waals surface area contributed by atoms with E-state index in [2.05, 4.69) is 10.4 Å². The molecule has 0 saturated heterocycles. The van der Waals surface area contributed by atoms with Gasteiger partial charge in [0.1, 0.15) is 0 Å². The highest BCUT2D eigenvalue weighted by molar-refractivity contribution is 6.33. The number of para-hydroxylation sites is 2. The molecule has 6 heteroatoms. The Hall–Kier alpha value is -1.59. The van der Waals surface area contributed by atoms with Crippen LogP contribution in [0.25, 0.3) is 11.0 Å². The smallest absolute Gasteiger partial charge is 0.0958 e. The second-order valence-corrected chi connectivity index (χ2v) is 5.61. The fraction of sp³-hybridized carbons (Fsp3) is 0.133. The number of nitrogens with one attached hydrogen (secondary N) is 1. The molecule has 108 valence electrons. The van der Waals surface area contributed by atoms with Crippen LogP contribution in [0.2, 0.25) is 10.0 Å². The van der Waals surface area contributed by atoms with Crippen LogP contribution in [-0.2, 0) is 6.54 Å². The fourth-order valence-corrected chi connectivity index (χ4v) is 2.80. The molecule has 1 atom stereocenters. The molecule has 0 aliphatic carbocycles. The summed E-state index contributed by atoms with van der Waals surface area (Å²) in [6.07, 6.45) is 1.80. The van der Waals surface area contributed by atoms with Crippen molar-refractivity contribution in [2.24, 2.45) is 5.84 Å². The molecule has 0 saturated carbocycles. The van der Waals surface area contributed by atoms with Crippen LogP contribution >= 0.6 is 23.2 Å². The van der Waals surface area contributed by atoms with Crippen molar-refractivity contribution in [2.45, 2.75) is 12.6 Å². The fourth-order valence-electron chi connectivity index (χ4n) is 2.37. The van der Waals surface area contributed by atoms with E-state index in [0.29, 0.717) is 16.6 Å². The number of fused-ring (bicyclic) bond motifs is 1. The lowest BCUT2D eigenvalue weighted by molar-refractivity contribution is 0.481. The summed E-state index contributed by atoms with van der Waals surface area (Å²) in [4.78, 5) is 4.37. The summed E-state index contributed by atoms with van der Waals surface area (Å²) < 4.78 is 2.04. The first-order chi connectivity index (χ1) is 10.2. The molecule has 0 fully saturated rings. The van der Waals surface area contributed by atoms with Gasteiger partial charge in [0.25, 0.3) is 0 Å². The third-order valence-corrected chi connectivity index (χ3v) is 4.02. The lowest BCUT2D eigenvalue weighted by atomic mass is 10.1. The van der Waals surface area contributed by atoms with Crippen molar-refractivity contribution in [3.8, 4) is 0 Å². The molecular weight excluding hydrogens is 307 g/mol. The normalized spacial score (nSPS) is 12.7. The molecular formula is C15H14Cl2N4. The van der Waals surface area contributed by atoms with Gasteiger partial charge in [-0.3, -0.25) is 11.3 Å². The highest BCUT2D eigenvalue weighted by Crippen LogP contribution is 2.27. The average Bonchev–Trinajstić information content (AvgIpc) is 2.91. The Morgan fingerprint density at radius 1 is 1.19 bits per heavy atom. The molecule has 1 heterocycles. The minimum absolute atomic E-state index is 0.159. The molecule has 3 N–H and O–H groups in total. The molecule has 2 aromatic carbocycles. The van der Waals surface area contributed by atoms with Crippen LogP contribution in [0.15, 0.2) is 48.8 Å². The molecule has 0 spiro atoms. The molecule has 1 unspecified atom stereocenters. The van der Waals surface area contributed by atoms with Crippen LogP contribution in [0.3, 0.4) is 0 Å². The Kier molecular flexibility index (Phi) is 4.12. The van der Waals surface area contributed by atoms with Gasteiger partial charge in [0.2, 0.25) is 0 Å². The van der Waals surface area contributed by atoms with E-state index in [4.69, 9.17) is 29.0 Å². The zero-order valence-electron chi connectivity index (χ0n) is 11.1. The maximum Gasteiger partial charge on any atom is 0.0958 e. The van der Waals surface area contributed by atoms with E-state index in [1.807, 2.05) is 34.9 Å². The van der Waals surface area contributed by atoms with E-state index in [1.54, 1.807) is 18.5 Å². The van der Waals surface area contributed by atoms with E-state index in [1.165, 1.54) is 0 Å². The lowest BCUT2D eigenvalue weighted by Crippen LogP contribution is -2.31. The van der Waals surface area contributed by atoms with Crippen LogP contribution in [0.1, 0.15) is 11.6 Å². The zero-order valence-corrected chi connectivity index (χ0v) is 12.6. The van der Waals surface area contributed by atoms with Crippen molar-refractivity contribution >= 4 is 34.2 Å². The minimum Gasteiger partial charge on any atom is -0.329 e. The second kappa shape index (κ2) is 6.03. The van der Waals surface area contributed by atoms with Gasteiger partial charge in [-0.15, -0.1) is 0 Å². The molecule has 0 aliphatic heterocycles. The number of rotatable bonds is 4. The number of benzene rings is 2. The van der Waals surface area contributed by atoms with Gasteiger partial charge in [0.15, 0.2) is 0 Å². The molecule has 4 nitrogen and oxygen atoms in total. The topological polar surface area (TPSA) is 55.9 Å². The molecule has 0 aliphatic rings. The molecule has 3 aromatic rings. The minimum atomic E-state index is -0.159. The van der Waals surface area contributed by atoms with E-state index in [9.17, 15) is 0 Å². The largest absolute Gasteiger partial charge is 0.329 e. The molecule has 3 rings (SSSR count). The number of halogens is 2. The maximum atomic E-state index is 6.25. The number of hydrogen-bond donors (Lipinski definition) is 2. The van der Waals surface area contributed by atoms with Crippen molar-refractivity contribution < 1.29 is 0 Å². The summed E-state index contributed by atoms with van der Waals surface area (Å²) in [5, 5.41) is 1.26. The lowest BCUT2D eigenvalue weighted by Gasteiger charge is -2.19. The summed E-state index contributed by atoms with van der Waals surface area (Å²) in [5.74, 6) is 5.70. The van der Waals surface area contributed by atoms with Crippen molar-refractivity contribution in [1.29, 1.82) is 0 Å². The number of nitrogens with zero attached hydrogens (tertiary/aromatic N) is 2. The van der Waals surface area contributed by atoms with E-state index >= 15 is 0 Å².